The molecule has 156 valence electrons. The number of benzene rings is 3. The molecule has 0 radical (unpaired) electrons. The number of nitrogens with one attached hydrogen (secondary N) is 2. The zero-order valence-corrected chi connectivity index (χ0v) is 18.5. The van der Waals surface area contributed by atoms with Crippen molar-refractivity contribution in [1.29, 1.82) is 0 Å². The Kier molecular flexibility index (Phi) is 6.51. The SMILES string of the molecule is O=C(Cc1ccc(Cl)cc1)Nc1ccc2nc(NC(=O)Cc3ccc(Cl)cc3)sc2c1. The summed E-state index contributed by atoms with van der Waals surface area (Å²) in [6.45, 7) is 0. The number of hydrogen-bond acceptors (Lipinski definition) is 4. The third-order valence-corrected chi connectivity index (χ3v) is 5.91. The molecule has 0 atom stereocenters. The molecule has 31 heavy (non-hydrogen) atoms. The van der Waals surface area contributed by atoms with Gasteiger partial charge in [-0.25, -0.2) is 4.98 Å². The second kappa shape index (κ2) is 9.47. The van der Waals surface area contributed by atoms with Crippen LogP contribution in [0.3, 0.4) is 0 Å². The third-order valence-electron chi connectivity index (χ3n) is 4.47. The number of aromatic nitrogens is 1. The standard InChI is InChI=1S/C23H17Cl2N3O2S/c24-16-5-1-14(2-6-16)11-21(29)26-18-9-10-19-20(13-18)31-23(27-19)28-22(30)12-15-3-7-17(25)8-4-15/h1-10,13H,11-12H2,(H,26,29)(H,27,28,30). The van der Waals surface area contributed by atoms with E-state index in [-0.39, 0.29) is 24.7 Å². The summed E-state index contributed by atoms with van der Waals surface area (Å²) in [4.78, 5) is 29.1. The molecular formula is C23H17Cl2N3O2S. The number of thiazole rings is 1. The summed E-state index contributed by atoms with van der Waals surface area (Å²) >= 11 is 13.1. The van der Waals surface area contributed by atoms with Crippen LogP contribution in [0.5, 0.6) is 0 Å². The van der Waals surface area contributed by atoms with Crippen molar-refractivity contribution in [2.45, 2.75) is 12.8 Å². The van der Waals surface area contributed by atoms with Crippen molar-refractivity contribution in [3.05, 3.63) is 87.9 Å². The van der Waals surface area contributed by atoms with Gasteiger partial charge in [0.1, 0.15) is 0 Å². The van der Waals surface area contributed by atoms with E-state index in [4.69, 9.17) is 23.2 Å². The number of nitrogens with zero attached hydrogens (tertiary/aromatic N) is 1. The van der Waals surface area contributed by atoms with Crippen LogP contribution in [0.1, 0.15) is 11.1 Å². The zero-order valence-electron chi connectivity index (χ0n) is 16.2. The summed E-state index contributed by atoms with van der Waals surface area (Å²) in [5, 5.41) is 7.50. The predicted molar refractivity (Wildman–Crippen MR) is 127 cm³/mol. The molecule has 0 saturated carbocycles. The highest BCUT2D eigenvalue weighted by atomic mass is 35.5. The molecule has 5 nitrogen and oxygen atoms in total. The van der Waals surface area contributed by atoms with Crippen molar-refractivity contribution in [2.75, 3.05) is 10.6 Å². The van der Waals surface area contributed by atoms with Crippen LogP contribution < -0.4 is 10.6 Å². The van der Waals surface area contributed by atoms with Crippen molar-refractivity contribution in [3.8, 4) is 0 Å². The molecular weight excluding hydrogens is 453 g/mol. The van der Waals surface area contributed by atoms with Gasteiger partial charge in [0, 0.05) is 15.7 Å². The topological polar surface area (TPSA) is 71.1 Å². The molecule has 0 spiro atoms. The van der Waals surface area contributed by atoms with Crippen molar-refractivity contribution in [3.63, 3.8) is 0 Å². The number of amides is 2. The summed E-state index contributed by atoms with van der Waals surface area (Å²) in [5.41, 5.74) is 3.18. The van der Waals surface area contributed by atoms with E-state index in [1.54, 1.807) is 30.3 Å². The molecule has 0 unspecified atom stereocenters. The average Bonchev–Trinajstić information content (AvgIpc) is 3.12. The van der Waals surface area contributed by atoms with Gasteiger partial charge in [0.25, 0.3) is 0 Å². The first-order chi connectivity index (χ1) is 14.9. The molecule has 1 heterocycles. The van der Waals surface area contributed by atoms with E-state index in [1.165, 1.54) is 11.3 Å². The molecule has 3 aromatic carbocycles. The second-order valence-electron chi connectivity index (χ2n) is 6.90. The van der Waals surface area contributed by atoms with Crippen LogP contribution in [0.25, 0.3) is 10.2 Å². The van der Waals surface area contributed by atoms with E-state index in [0.717, 1.165) is 21.3 Å². The maximum atomic E-state index is 12.3. The predicted octanol–water partition coefficient (Wildman–Crippen LogP) is 5.97. The van der Waals surface area contributed by atoms with Gasteiger partial charge >= 0.3 is 0 Å². The summed E-state index contributed by atoms with van der Waals surface area (Å²) in [6, 6.07) is 19.8. The molecule has 0 aliphatic carbocycles. The molecule has 2 N–H and O–H groups in total. The number of fused-ring (bicyclic) bond motifs is 1. The number of carbonyl (C=O) groups excluding carboxylic acids is 2. The number of hydrogen-bond donors (Lipinski definition) is 2. The Morgan fingerprint density at radius 1 is 0.774 bits per heavy atom. The first-order valence-electron chi connectivity index (χ1n) is 9.44. The summed E-state index contributed by atoms with van der Waals surface area (Å²) in [5.74, 6) is -0.277. The van der Waals surface area contributed by atoms with Crippen molar-refractivity contribution < 1.29 is 9.59 Å². The number of halogens is 2. The van der Waals surface area contributed by atoms with E-state index in [9.17, 15) is 9.59 Å². The van der Waals surface area contributed by atoms with Gasteiger partial charge in [-0.2, -0.15) is 0 Å². The largest absolute Gasteiger partial charge is 0.326 e. The monoisotopic (exact) mass is 469 g/mol. The van der Waals surface area contributed by atoms with E-state index >= 15 is 0 Å². The van der Waals surface area contributed by atoms with E-state index < -0.39 is 0 Å². The molecule has 0 bridgehead atoms. The quantitative estimate of drug-likeness (QED) is 0.365. The fourth-order valence-corrected chi connectivity index (χ4v) is 4.17. The first-order valence-corrected chi connectivity index (χ1v) is 11.0. The van der Waals surface area contributed by atoms with Gasteiger partial charge in [-0.05, 0) is 53.6 Å². The average molecular weight is 470 g/mol. The van der Waals surface area contributed by atoms with Crippen molar-refractivity contribution in [1.82, 2.24) is 4.98 Å². The Balaban J connectivity index is 1.39. The van der Waals surface area contributed by atoms with Crippen LogP contribution in [-0.4, -0.2) is 16.8 Å². The Bertz CT molecular complexity index is 1180. The van der Waals surface area contributed by atoms with Gasteiger partial charge in [0.15, 0.2) is 5.13 Å². The first kappa shape index (κ1) is 21.3. The lowest BCUT2D eigenvalue weighted by molar-refractivity contribution is -0.116. The molecule has 0 saturated heterocycles. The van der Waals surface area contributed by atoms with E-state index in [0.29, 0.717) is 20.9 Å². The van der Waals surface area contributed by atoms with Crippen LogP contribution >= 0.6 is 34.5 Å². The van der Waals surface area contributed by atoms with Crippen LogP contribution in [0.4, 0.5) is 10.8 Å². The van der Waals surface area contributed by atoms with Gasteiger partial charge in [-0.1, -0.05) is 58.8 Å². The smallest absolute Gasteiger partial charge is 0.230 e. The minimum atomic E-state index is -0.155. The molecule has 0 aliphatic heterocycles. The summed E-state index contributed by atoms with van der Waals surface area (Å²) < 4.78 is 0.867. The normalized spacial score (nSPS) is 10.8. The maximum Gasteiger partial charge on any atom is 0.230 e. The van der Waals surface area contributed by atoms with Crippen LogP contribution in [-0.2, 0) is 22.4 Å². The molecule has 1 aromatic heterocycles. The van der Waals surface area contributed by atoms with Gasteiger partial charge in [-0.15, -0.1) is 0 Å². The highest BCUT2D eigenvalue weighted by Crippen LogP contribution is 2.28. The highest BCUT2D eigenvalue weighted by molar-refractivity contribution is 7.22. The van der Waals surface area contributed by atoms with Crippen LogP contribution in [0, 0.1) is 0 Å². The summed E-state index contributed by atoms with van der Waals surface area (Å²) in [7, 11) is 0. The Labute approximate surface area is 193 Å². The Morgan fingerprint density at radius 3 is 1.90 bits per heavy atom. The lowest BCUT2D eigenvalue weighted by Crippen LogP contribution is -2.14. The molecule has 0 aliphatic rings. The van der Waals surface area contributed by atoms with Crippen molar-refractivity contribution >= 4 is 67.4 Å². The van der Waals surface area contributed by atoms with E-state index in [1.807, 2.05) is 36.4 Å². The lowest BCUT2D eigenvalue weighted by atomic mass is 10.1. The summed E-state index contributed by atoms with van der Waals surface area (Å²) in [6.07, 6.45) is 0.489. The second-order valence-corrected chi connectivity index (χ2v) is 8.81. The fraction of sp³-hybridized carbons (Fsp3) is 0.0870. The van der Waals surface area contributed by atoms with Gasteiger partial charge in [-0.3, -0.25) is 9.59 Å². The molecule has 8 heteroatoms. The maximum absolute atomic E-state index is 12.3. The van der Waals surface area contributed by atoms with Crippen LogP contribution in [0.2, 0.25) is 10.0 Å². The van der Waals surface area contributed by atoms with Gasteiger partial charge in [0.05, 0.1) is 23.1 Å². The van der Waals surface area contributed by atoms with Gasteiger partial charge in [0.2, 0.25) is 11.8 Å². The number of rotatable bonds is 6. The highest BCUT2D eigenvalue weighted by Gasteiger charge is 2.11. The fourth-order valence-electron chi connectivity index (χ4n) is 3.00. The third kappa shape index (κ3) is 5.82. The number of carbonyl (C=O) groups is 2. The Morgan fingerprint density at radius 2 is 1.32 bits per heavy atom. The molecule has 2 amide bonds. The minimum Gasteiger partial charge on any atom is -0.326 e. The molecule has 4 rings (SSSR count). The van der Waals surface area contributed by atoms with Crippen LogP contribution in [0.15, 0.2) is 66.7 Å². The number of anilines is 2. The van der Waals surface area contributed by atoms with Crippen molar-refractivity contribution in [2.24, 2.45) is 0 Å². The van der Waals surface area contributed by atoms with E-state index in [2.05, 4.69) is 15.6 Å². The molecule has 0 fully saturated rings. The lowest BCUT2D eigenvalue weighted by Gasteiger charge is -2.05. The minimum absolute atomic E-state index is 0.123. The molecule has 4 aromatic rings. The zero-order chi connectivity index (χ0) is 21.8. The van der Waals surface area contributed by atoms with Gasteiger partial charge < -0.3 is 10.6 Å². The Hall–Kier alpha value is -2.93.